The van der Waals surface area contributed by atoms with E-state index in [9.17, 15) is 0 Å². The average Bonchev–Trinajstić information content (AvgIpc) is 2.80. The van der Waals surface area contributed by atoms with Crippen LogP contribution in [0.1, 0.15) is 36.9 Å². The summed E-state index contributed by atoms with van der Waals surface area (Å²) in [6.07, 6.45) is 7.51. The summed E-state index contributed by atoms with van der Waals surface area (Å²) in [5, 5.41) is 0.876. The Morgan fingerprint density at radius 2 is 2.13 bits per heavy atom. The SMILES string of the molecule is NCc1ccc(CSC2CCCC2)nc1. The minimum Gasteiger partial charge on any atom is -0.326 e. The van der Waals surface area contributed by atoms with Crippen molar-refractivity contribution in [1.82, 2.24) is 4.98 Å². The molecule has 82 valence electrons. The highest BCUT2D eigenvalue weighted by molar-refractivity contribution is 7.99. The van der Waals surface area contributed by atoms with Gasteiger partial charge in [0, 0.05) is 23.7 Å². The van der Waals surface area contributed by atoms with Gasteiger partial charge in [0.15, 0.2) is 0 Å². The van der Waals surface area contributed by atoms with Crippen molar-refractivity contribution in [3.63, 3.8) is 0 Å². The van der Waals surface area contributed by atoms with Crippen molar-refractivity contribution in [1.29, 1.82) is 0 Å². The van der Waals surface area contributed by atoms with Crippen LogP contribution in [0.4, 0.5) is 0 Å². The van der Waals surface area contributed by atoms with E-state index in [0.717, 1.165) is 16.6 Å². The van der Waals surface area contributed by atoms with Crippen molar-refractivity contribution in [2.75, 3.05) is 0 Å². The zero-order chi connectivity index (χ0) is 10.5. The van der Waals surface area contributed by atoms with Crippen LogP contribution >= 0.6 is 11.8 Å². The predicted octanol–water partition coefficient (Wildman–Crippen LogP) is 2.72. The van der Waals surface area contributed by atoms with Gasteiger partial charge in [-0.25, -0.2) is 0 Å². The molecule has 0 amide bonds. The summed E-state index contributed by atoms with van der Waals surface area (Å²) in [6, 6.07) is 4.18. The fourth-order valence-corrected chi connectivity index (χ4v) is 3.16. The van der Waals surface area contributed by atoms with E-state index in [4.69, 9.17) is 5.73 Å². The number of aromatic nitrogens is 1. The van der Waals surface area contributed by atoms with Crippen LogP contribution in [0.3, 0.4) is 0 Å². The molecular weight excluding hydrogens is 204 g/mol. The number of hydrogen-bond acceptors (Lipinski definition) is 3. The molecule has 1 aromatic rings. The van der Waals surface area contributed by atoms with Gasteiger partial charge < -0.3 is 5.73 Å². The summed E-state index contributed by atoms with van der Waals surface area (Å²) in [5.74, 6) is 1.05. The van der Waals surface area contributed by atoms with Crippen molar-refractivity contribution in [2.45, 2.75) is 43.2 Å². The van der Waals surface area contributed by atoms with E-state index < -0.39 is 0 Å². The van der Waals surface area contributed by atoms with E-state index in [0.29, 0.717) is 6.54 Å². The third-order valence-corrected chi connectivity index (χ3v) is 4.30. The zero-order valence-corrected chi connectivity index (χ0v) is 9.80. The van der Waals surface area contributed by atoms with Gasteiger partial charge in [0.1, 0.15) is 0 Å². The first-order valence-electron chi connectivity index (χ1n) is 5.64. The van der Waals surface area contributed by atoms with Gasteiger partial charge >= 0.3 is 0 Å². The Hall–Kier alpha value is -0.540. The Morgan fingerprint density at radius 3 is 2.73 bits per heavy atom. The Morgan fingerprint density at radius 1 is 1.33 bits per heavy atom. The third-order valence-electron chi connectivity index (χ3n) is 2.89. The van der Waals surface area contributed by atoms with Crippen molar-refractivity contribution in [2.24, 2.45) is 5.73 Å². The monoisotopic (exact) mass is 222 g/mol. The third kappa shape index (κ3) is 3.21. The molecule has 1 aliphatic carbocycles. The van der Waals surface area contributed by atoms with Crippen LogP contribution in [0.15, 0.2) is 18.3 Å². The Kier molecular flexibility index (Phi) is 4.03. The first kappa shape index (κ1) is 11.0. The summed E-state index contributed by atoms with van der Waals surface area (Å²) in [5.41, 5.74) is 7.83. The van der Waals surface area contributed by atoms with E-state index in [-0.39, 0.29) is 0 Å². The average molecular weight is 222 g/mol. The van der Waals surface area contributed by atoms with E-state index in [2.05, 4.69) is 28.9 Å². The first-order chi connectivity index (χ1) is 7.38. The van der Waals surface area contributed by atoms with Gasteiger partial charge in [-0.1, -0.05) is 18.9 Å². The topological polar surface area (TPSA) is 38.9 Å². The fourth-order valence-electron chi connectivity index (χ4n) is 1.92. The minimum absolute atomic E-state index is 0.586. The number of thioether (sulfide) groups is 1. The highest BCUT2D eigenvalue weighted by Gasteiger charge is 2.15. The summed E-state index contributed by atoms with van der Waals surface area (Å²) < 4.78 is 0. The van der Waals surface area contributed by atoms with Crippen molar-refractivity contribution in [3.05, 3.63) is 29.6 Å². The molecule has 1 fully saturated rings. The summed E-state index contributed by atoms with van der Waals surface area (Å²) in [7, 11) is 0. The van der Waals surface area contributed by atoms with Gasteiger partial charge in [-0.2, -0.15) is 11.8 Å². The molecule has 15 heavy (non-hydrogen) atoms. The van der Waals surface area contributed by atoms with Crippen molar-refractivity contribution >= 4 is 11.8 Å². The molecule has 0 unspecified atom stereocenters. The van der Waals surface area contributed by atoms with Gasteiger partial charge in [0.05, 0.1) is 5.69 Å². The van der Waals surface area contributed by atoms with Gasteiger partial charge in [-0.15, -0.1) is 0 Å². The smallest absolute Gasteiger partial charge is 0.0502 e. The molecule has 0 atom stereocenters. The molecule has 0 bridgehead atoms. The molecule has 1 heterocycles. The second-order valence-electron chi connectivity index (χ2n) is 4.08. The maximum Gasteiger partial charge on any atom is 0.0502 e. The van der Waals surface area contributed by atoms with Gasteiger partial charge in [-0.05, 0) is 24.5 Å². The molecule has 0 spiro atoms. The number of pyridine rings is 1. The lowest BCUT2D eigenvalue weighted by Crippen LogP contribution is -1.99. The lowest BCUT2D eigenvalue weighted by atomic mass is 10.2. The molecular formula is C12H18N2S. The molecule has 0 saturated heterocycles. The Balaban J connectivity index is 1.82. The highest BCUT2D eigenvalue weighted by Crippen LogP contribution is 2.31. The van der Waals surface area contributed by atoms with Crippen LogP contribution in [0.25, 0.3) is 0 Å². The number of nitrogens with two attached hydrogens (primary N) is 1. The minimum atomic E-state index is 0.586. The molecule has 0 radical (unpaired) electrons. The van der Waals surface area contributed by atoms with Crippen LogP contribution in [0.5, 0.6) is 0 Å². The molecule has 1 aromatic heterocycles. The summed E-state index contributed by atoms with van der Waals surface area (Å²) in [6.45, 7) is 0.586. The highest BCUT2D eigenvalue weighted by atomic mass is 32.2. The lowest BCUT2D eigenvalue weighted by molar-refractivity contribution is 0.886. The van der Waals surface area contributed by atoms with Crippen LogP contribution < -0.4 is 5.73 Å². The second-order valence-corrected chi connectivity index (χ2v) is 5.37. The largest absolute Gasteiger partial charge is 0.326 e. The molecule has 0 aliphatic heterocycles. The number of rotatable bonds is 4. The van der Waals surface area contributed by atoms with Crippen LogP contribution in [-0.4, -0.2) is 10.2 Å². The maximum atomic E-state index is 5.53. The van der Waals surface area contributed by atoms with E-state index in [1.807, 2.05) is 6.20 Å². The van der Waals surface area contributed by atoms with Gasteiger partial charge in [0.2, 0.25) is 0 Å². The zero-order valence-electron chi connectivity index (χ0n) is 8.98. The van der Waals surface area contributed by atoms with Crippen molar-refractivity contribution in [3.8, 4) is 0 Å². The fraction of sp³-hybridized carbons (Fsp3) is 0.583. The molecule has 1 aliphatic rings. The maximum absolute atomic E-state index is 5.53. The molecule has 2 rings (SSSR count). The normalized spacial score (nSPS) is 17.1. The molecule has 0 aromatic carbocycles. The number of hydrogen-bond donors (Lipinski definition) is 1. The summed E-state index contributed by atoms with van der Waals surface area (Å²) in [4.78, 5) is 4.41. The summed E-state index contributed by atoms with van der Waals surface area (Å²) >= 11 is 2.06. The van der Waals surface area contributed by atoms with Crippen molar-refractivity contribution < 1.29 is 0 Å². The first-order valence-corrected chi connectivity index (χ1v) is 6.69. The van der Waals surface area contributed by atoms with Crippen LogP contribution in [0.2, 0.25) is 0 Å². The standard InChI is InChI=1S/C12H18N2S/c13-7-10-5-6-11(14-8-10)9-15-12-3-1-2-4-12/h5-6,8,12H,1-4,7,9,13H2. The van der Waals surface area contributed by atoms with Gasteiger partial charge in [0.25, 0.3) is 0 Å². The van der Waals surface area contributed by atoms with Gasteiger partial charge in [-0.3, -0.25) is 4.98 Å². The van der Waals surface area contributed by atoms with E-state index in [1.54, 1.807) is 0 Å². The quantitative estimate of drug-likeness (QED) is 0.851. The van der Waals surface area contributed by atoms with Crippen LogP contribution in [0, 0.1) is 0 Å². The Labute approximate surface area is 95.7 Å². The predicted molar refractivity (Wildman–Crippen MR) is 65.7 cm³/mol. The van der Waals surface area contributed by atoms with E-state index in [1.165, 1.54) is 31.4 Å². The lowest BCUT2D eigenvalue weighted by Gasteiger charge is -2.07. The number of nitrogens with zero attached hydrogens (tertiary/aromatic N) is 1. The molecule has 2 nitrogen and oxygen atoms in total. The second kappa shape index (κ2) is 5.52. The molecule has 2 N–H and O–H groups in total. The van der Waals surface area contributed by atoms with E-state index >= 15 is 0 Å². The molecule has 3 heteroatoms. The Bertz CT molecular complexity index is 291. The molecule has 1 saturated carbocycles. The van der Waals surface area contributed by atoms with Crippen LogP contribution in [-0.2, 0) is 12.3 Å².